The van der Waals surface area contributed by atoms with Gasteiger partial charge in [-0.15, -0.1) is 0 Å². The van der Waals surface area contributed by atoms with E-state index in [0.717, 1.165) is 17.0 Å². The van der Waals surface area contributed by atoms with Crippen LogP contribution in [0.1, 0.15) is 12.6 Å². The van der Waals surface area contributed by atoms with Crippen molar-refractivity contribution in [2.45, 2.75) is 6.92 Å². The number of ketones is 1. The van der Waals surface area contributed by atoms with Gasteiger partial charge in [-0.1, -0.05) is 18.2 Å². The third kappa shape index (κ3) is 3.35. The summed E-state index contributed by atoms with van der Waals surface area (Å²) < 4.78 is 0. The molecule has 18 heavy (non-hydrogen) atoms. The Hall–Kier alpha value is -2.29. The average molecular weight is 240 g/mol. The van der Waals surface area contributed by atoms with E-state index in [9.17, 15) is 4.79 Å². The lowest BCUT2D eigenvalue weighted by atomic mass is 10.1. The molecule has 1 aromatic carbocycles. The highest BCUT2D eigenvalue weighted by Gasteiger charge is 2.04. The smallest absolute Gasteiger partial charge is 0.157 e. The molecule has 92 valence electrons. The van der Waals surface area contributed by atoms with Crippen LogP contribution < -0.4 is 5.32 Å². The van der Waals surface area contributed by atoms with Gasteiger partial charge in [-0.2, -0.15) is 0 Å². The second kappa shape index (κ2) is 5.87. The first-order valence-corrected chi connectivity index (χ1v) is 5.89. The highest BCUT2D eigenvalue weighted by molar-refractivity contribution is 5.98. The standard InChI is InChI=1S/C15H16N2O/c1-12(18)13(10-15-8-5-9-16-15)11-17-14-6-3-2-4-7-14/h2-10,16-17H,11H2,1H3/b13-10+. The Morgan fingerprint density at radius 2 is 2.00 bits per heavy atom. The molecule has 3 nitrogen and oxygen atoms in total. The third-order valence-corrected chi connectivity index (χ3v) is 2.66. The monoisotopic (exact) mass is 240 g/mol. The molecule has 3 heteroatoms. The summed E-state index contributed by atoms with van der Waals surface area (Å²) >= 11 is 0. The number of aromatic nitrogens is 1. The Labute approximate surface area is 107 Å². The molecule has 0 aliphatic heterocycles. The van der Waals surface area contributed by atoms with Crippen molar-refractivity contribution in [3.8, 4) is 0 Å². The van der Waals surface area contributed by atoms with Crippen molar-refractivity contribution in [2.75, 3.05) is 11.9 Å². The molecule has 0 saturated heterocycles. The number of aromatic amines is 1. The molecule has 2 aromatic rings. The van der Waals surface area contributed by atoms with E-state index in [4.69, 9.17) is 0 Å². The lowest BCUT2D eigenvalue weighted by Crippen LogP contribution is -2.10. The summed E-state index contributed by atoms with van der Waals surface area (Å²) in [7, 11) is 0. The largest absolute Gasteiger partial charge is 0.381 e. The molecule has 0 atom stereocenters. The van der Waals surface area contributed by atoms with Crippen LogP contribution in [0.15, 0.2) is 54.2 Å². The number of hydrogen-bond donors (Lipinski definition) is 2. The summed E-state index contributed by atoms with van der Waals surface area (Å²) in [6, 6.07) is 13.7. The van der Waals surface area contributed by atoms with E-state index in [-0.39, 0.29) is 5.78 Å². The van der Waals surface area contributed by atoms with Gasteiger partial charge in [0.2, 0.25) is 0 Å². The van der Waals surface area contributed by atoms with Crippen molar-refractivity contribution < 1.29 is 4.79 Å². The third-order valence-electron chi connectivity index (χ3n) is 2.66. The van der Waals surface area contributed by atoms with Crippen molar-refractivity contribution in [3.05, 3.63) is 59.9 Å². The van der Waals surface area contributed by atoms with Gasteiger partial charge >= 0.3 is 0 Å². The SMILES string of the molecule is CC(=O)/C(=C/c1ccc[nH]1)CNc1ccccc1. The van der Waals surface area contributed by atoms with Gasteiger partial charge < -0.3 is 10.3 Å². The van der Waals surface area contributed by atoms with E-state index < -0.39 is 0 Å². The fourth-order valence-electron chi connectivity index (χ4n) is 1.65. The van der Waals surface area contributed by atoms with Crippen molar-refractivity contribution in [2.24, 2.45) is 0 Å². The molecule has 0 fully saturated rings. The van der Waals surface area contributed by atoms with Gasteiger partial charge in [0, 0.05) is 29.7 Å². The summed E-state index contributed by atoms with van der Waals surface area (Å²) in [6.07, 6.45) is 3.71. The Balaban J connectivity index is 2.06. The van der Waals surface area contributed by atoms with Gasteiger partial charge in [0.05, 0.1) is 0 Å². The number of H-pyrrole nitrogens is 1. The zero-order valence-electron chi connectivity index (χ0n) is 10.3. The van der Waals surface area contributed by atoms with Crippen molar-refractivity contribution in [1.29, 1.82) is 0 Å². The normalized spacial score (nSPS) is 11.3. The molecule has 0 aliphatic carbocycles. The lowest BCUT2D eigenvalue weighted by molar-refractivity contribution is -0.113. The van der Waals surface area contributed by atoms with Crippen LogP contribution in [0.3, 0.4) is 0 Å². The first-order chi connectivity index (χ1) is 8.75. The van der Waals surface area contributed by atoms with Crippen LogP contribution in [0, 0.1) is 0 Å². The number of rotatable bonds is 5. The van der Waals surface area contributed by atoms with Crippen LogP contribution in [0.2, 0.25) is 0 Å². The maximum absolute atomic E-state index is 11.6. The molecule has 0 radical (unpaired) electrons. The van der Waals surface area contributed by atoms with Crippen LogP contribution in [0.5, 0.6) is 0 Å². The van der Waals surface area contributed by atoms with E-state index in [2.05, 4.69) is 10.3 Å². The first-order valence-electron chi connectivity index (χ1n) is 5.89. The molecule has 1 heterocycles. The Morgan fingerprint density at radius 3 is 2.61 bits per heavy atom. The topological polar surface area (TPSA) is 44.9 Å². The molecule has 0 aliphatic rings. The highest BCUT2D eigenvalue weighted by Crippen LogP contribution is 2.09. The average Bonchev–Trinajstić information content (AvgIpc) is 2.88. The summed E-state index contributed by atoms with van der Waals surface area (Å²) in [6.45, 7) is 2.11. The van der Waals surface area contributed by atoms with Gasteiger partial charge in [0.15, 0.2) is 5.78 Å². The summed E-state index contributed by atoms with van der Waals surface area (Å²) in [5.41, 5.74) is 2.70. The predicted octanol–water partition coefficient (Wildman–Crippen LogP) is 3.10. The second-order valence-corrected chi connectivity index (χ2v) is 4.07. The minimum absolute atomic E-state index is 0.0769. The van der Waals surface area contributed by atoms with Crippen LogP contribution in [0.4, 0.5) is 5.69 Å². The van der Waals surface area contributed by atoms with Crippen molar-refractivity contribution >= 4 is 17.5 Å². The van der Waals surface area contributed by atoms with Crippen molar-refractivity contribution in [3.63, 3.8) is 0 Å². The number of anilines is 1. The molecular formula is C15H16N2O. The fourth-order valence-corrected chi connectivity index (χ4v) is 1.65. The molecule has 2 N–H and O–H groups in total. The maximum atomic E-state index is 11.6. The Bertz CT molecular complexity index is 527. The Morgan fingerprint density at radius 1 is 1.22 bits per heavy atom. The van der Waals surface area contributed by atoms with E-state index in [1.54, 1.807) is 6.92 Å². The molecule has 0 spiro atoms. The number of nitrogens with one attached hydrogen (secondary N) is 2. The first kappa shape index (κ1) is 12.2. The fraction of sp³-hybridized carbons (Fsp3) is 0.133. The van der Waals surface area contributed by atoms with Crippen molar-refractivity contribution in [1.82, 2.24) is 4.98 Å². The summed E-state index contributed by atoms with van der Waals surface area (Å²) in [5, 5.41) is 3.24. The van der Waals surface area contributed by atoms with E-state index in [1.807, 2.05) is 54.7 Å². The highest BCUT2D eigenvalue weighted by atomic mass is 16.1. The van der Waals surface area contributed by atoms with Crippen LogP contribution >= 0.6 is 0 Å². The number of Topliss-reactive ketones (excluding diaryl/α,β-unsaturated/α-hetero) is 1. The van der Waals surface area contributed by atoms with E-state index in [0.29, 0.717) is 6.54 Å². The molecule has 0 unspecified atom stereocenters. The Kier molecular flexibility index (Phi) is 3.97. The zero-order chi connectivity index (χ0) is 12.8. The molecule has 0 amide bonds. The minimum atomic E-state index is 0.0769. The predicted molar refractivity (Wildman–Crippen MR) is 74.4 cm³/mol. The van der Waals surface area contributed by atoms with Gasteiger partial charge in [0.25, 0.3) is 0 Å². The number of carbonyl (C=O) groups is 1. The van der Waals surface area contributed by atoms with Gasteiger partial charge in [-0.25, -0.2) is 0 Å². The van der Waals surface area contributed by atoms with Crippen LogP contribution in [0.25, 0.3) is 6.08 Å². The van der Waals surface area contributed by atoms with E-state index in [1.165, 1.54) is 0 Å². The van der Waals surface area contributed by atoms with Gasteiger partial charge in [-0.3, -0.25) is 4.79 Å². The maximum Gasteiger partial charge on any atom is 0.157 e. The van der Waals surface area contributed by atoms with Crippen LogP contribution in [-0.2, 0) is 4.79 Å². The molecule has 2 rings (SSSR count). The van der Waals surface area contributed by atoms with Gasteiger partial charge in [-0.05, 0) is 37.3 Å². The summed E-state index contributed by atoms with van der Waals surface area (Å²) in [4.78, 5) is 14.6. The second-order valence-electron chi connectivity index (χ2n) is 4.07. The number of hydrogen-bond acceptors (Lipinski definition) is 2. The minimum Gasteiger partial charge on any atom is -0.381 e. The van der Waals surface area contributed by atoms with E-state index >= 15 is 0 Å². The van der Waals surface area contributed by atoms with Gasteiger partial charge in [0.1, 0.15) is 0 Å². The lowest BCUT2D eigenvalue weighted by Gasteiger charge is -2.07. The zero-order valence-corrected chi connectivity index (χ0v) is 10.3. The summed E-state index contributed by atoms with van der Waals surface area (Å²) in [5.74, 6) is 0.0769. The molecular weight excluding hydrogens is 224 g/mol. The molecule has 1 aromatic heterocycles. The molecule has 0 saturated carbocycles. The van der Waals surface area contributed by atoms with Crippen LogP contribution in [-0.4, -0.2) is 17.3 Å². The number of benzene rings is 1. The quantitative estimate of drug-likeness (QED) is 0.789. The number of carbonyl (C=O) groups excluding carboxylic acids is 1. The number of para-hydroxylation sites is 1. The molecule has 0 bridgehead atoms.